The quantitative estimate of drug-likeness (QED) is 0.768. The number of nitrogens with zero attached hydrogens (tertiary/aromatic N) is 2. The van der Waals surface area contributed by atoms with Gasteiger partial charge in [0, 0.05) is 12.2 Å². The molecule has 0 amide bonds. The topological polar surface area (TPSA) is 48.7 Å². The molecule has 1 aromatic rings. The van der Waals surface area contributed by atoms with Gasteiger partial charge in [-0.25, -0.2) is 4.98 Å². The second-order valence-electron chi connectivity index (χ2n) is 3.34. The minimum absolute atomic E-state index is 0.632. The summed E-state index contributed by atoms with van der Waals surface area (Å²) in [6.07, 6.45) is 5.50. The lowest BCUT2D eigenvalue weighted by molar-refractivity contribution is 0.395. The molecule has 0 bridgehead atoms. The fourth-order valence-corrected chi connectivity index (χ4v) is 2.03. The van der Waals surface area contributed by atoms with Crippen LogP contribution < -0.4 is 4.72 Å². The van der Waals surface area contributed by atoms with Crippen molar-refractivity contribution in [3.8, 4) is 6.07 Å². The van der Waals surface area contributed by atoms with E-state index in [1.54, 1.807) is 18.3 Å². The first-order chi connectivity index (χ1) is 6.88. The van der Waals surface area contributed by atoms with E-state index < -0.39 is 0 Å². The van der Waals surface area contributed by atoms with E-state index in [0.717, 1.165) is 5.03 Å². The summed E-state index contributed by atoms with van der Waals surface area (Å²) in [5, 5.41) is 9.56. The molecule has 1 aromatic heterocycles. The number of nitriles is 1. The molecule has 3 nitrogen and oxygen atoms in total. The molecule has 2 rings (SSSR count). The molecule has 1 fully saturated rings. The van der Waals surface area contributed by atoms with Gasteiger partial charge in [0.05, 0.1) is 11.6 Å². The lowest BCUT2D eigenvalue weighted by Crippen LogP contribution is -2.30. The Balaban J connectivity index is 1.91. The van der Waals surface area contributed by atoms with Gasteiger partial charge in [-0.2, -0.15) is 5.26 Å². The van der Waals surface area contributed by atoms with Gasteiger partial charge in [0.1, 0.15) is 5.03 Å². The predicted octanol–water partition coefficient (Wildman–Crippen LogP) is 2.10. The Kier molecular flexibility index (Phi) is 3.02. The van der Waals surface area contributed by atoms with Crippen molar-refractivity contribution in [2.24, 2.45) is 0 Å². The summed E-state index contributed by atoms with van der Waals surface area (Å²) in [5.74, 6) is 0. The smallest absolute Gasteiger partial charge is 0.112 e. The minimum atomic E-state index is 0.632. The molecular weight excluding hydrogens is 194 g/mol. The van der Waals surface area contributed by atoms with Gasteiger partial charge in [0.2, 0.25) is 0 Å². The SMILES string of the molecule is N#Cc1ccnc(SNC2CCC2)c1. The molecule has 4 heteroatoms. The van der Waals surface area contributed by atoms with E-state index in [1.165, 1.54) is 31.2 Å². The highest BCUT2D eigenvalue weighted by atomic mass is 32.2. The third-order valence-electron chi connectivity index (χ3n) is 2.30. The number of rotatable bonds is 3. The Morgan fingerprint density at radius 2 is 2.43 bits per heavy atom. The normalized spacial score (nSPS) is 15.9. The highest BCUT2D eigenvalue weighted by molar-refractivity contribution is 7.97. The largest absolute Gasteiger partial charge is 0.255 e. The Morgan fingerprint density at radius 3 is 3.07 bits per heavy atom. The average Bonchev–Trinajstić information content (AvgIpc) is 2.16. The van der Waals surface area contributed by atoms with Crippen LogP contribution in [0.3, 0.4) is 0 Å². The van der Waals surface area contributed by atoms with Gasteiger partial charge in [-0.05, 0) is 36.9 Å². The molecule has 0 aliphatic heterocycles. The number of hydrogen-bond donors (Lipinski definition) is 1. The summed E-state index contributed by atoms with van der Waals surface area (Å²) in [4.78, 5) is 4.17. The summed E-state index contributed by atoms with van der Waals surface area (Å²) >= 11 is 1.52. The van der Waals surface area contributed by atoms with Crippen LogP contribution in [0.25, 0.3) is 0 Å². The zero-order valence-electron chi connectivity index (χ0n) is 7.73. The van der Waals surface area contributed by atoms with Gasteiger partial charge in [-0.3, -0.25) is 4.72 Å². The molecule has 0 aromatic carbocycles. The van der Waals surface area contributed by atoms with E-state index in [2.05, 4.69) is 15.8 Å². The molecule has 1 aliphatic carbocycles. The lowest BCUT2D eigenvalue weighted by atomic mass is 9.94. The highest BCUT2D eigenvalue weighted by Gasteiger charge is 2.16. The molecule has 72 valence electrons. The zero-order chi connectivity index (χ0) is 9.80. The Morgan fingerprint density at radius 1 is 1.57 bits per heavy atom. The van der Waals surface area contributed by atoms with Crippen LogP contribution in [0.4, 0.5) is 0 Å². The molecule has 0 atom stereocenters. The van der Waals surface area contributed by atoms with Gasteiger partial charge in [0.15, 0.2) is 0 Å². The predicted molar refractivity (Wildman–Crippen MR) is 55.6 cm³/mol. The molecule has 1 heterocycles. The standard InChI is InChI=1S/C10H11N3S/c11-7-8-4-5-12-10(6-8)14-13-9-2-1-3-9/h4-6,9,13H,1-3H2. The first kappa shape index (κ1) is 9.50. The van der Waals surface area contributed by atoms with Crippen LogP contribution in [0.15, 0.2) is 23.4 Å². The van der Waals surface area contributed by atoms with Crippen LogP contribution >= 0.6 is 11.9 Å². The molecule has 0 radical (unpaired) electrons. The second kappa shape index (κ2) is 4.45. The van der Waals surface area contributed by atoms with Gasteiger partial charge in [0.25, 0.3) is 0 Å². The van der Waals surface area contributed by atoms with E-state index in [9.17, 15) is 0 Å². The summed E-state index contributed by atoms with van der Waals surface area (Å²) in [5.41, 5.74) is 0.665. The minimum Gasteiger partial charge on any atom is -0.255 e. The van der Waals surface area contributed by atoms with Gasteiger partial charge < -0.3 is 0 Å². The first-order valence-electron chi connectivity index (χ1n) is 4.67. The maximum atomic E-state index is 8.69. The van der Waals surface area contributed by atoms with Crippen molar-refractivity contribution < 1.29 is 0 Å². The van der Waals surface area contributed by atoms with E-state index >= 15 is 0 Å². The van der Waals surface area contributed by atoms with Crippen molar-refractivity contribution in [1.82, 2.24) is 9.71 Å². The third-order valence-corrected chi connectivity index (χ3v) is 3.18. The summed E-state index contributed by atoms with van der Waals surface area (Å²) in [6, 6.07) is 6.25. The molecular formula is C10H11N3S. The zero-order valence-corrected chi connectivity index (χ0v) is 8.55. The molecule has 1 aliphatic rings. The molecule has 1 N–H and O–H groups in total. The molecule has 0 saturated heterocycles. The monoisotopic (exact) mass is 205 g/mol. The number of pyridine rings is 1. The van der Waals surface area contributed by atoms with Crippen molar-refractivity contribution >= 4 is 11.9 Å². The summed E-state index contributed by atoms with van der Waals surface area (Å²) in [7, 11) is 0. The van der Waals surface area contributed by atoms with E-state index in [4.69, 9.17) is 5.26 Å². The van der Waals surface area contributed by atoms with Crippen molar-refractivity contribution in [2.45, 2.75) is 30.3 Å². The van der Waals surface area contributed by atoms with E-state index in [0.29, 0.717) is 11.6 Å². The highest BCUT2D eigenvalue weighted by Crippen LogP contribution is 2.23. The summed E-state index contributed by atoms with van der Waals surface area (Å²) in [6.45, 7) is 0. The lowest BCUT2D eigenvalue weighted by Gasteiger charge is -2.25. The number of aromatic nitrogens is 1. The fourth-order valence-electron chi connectivity index (χ4n) is 1.20. The Labute approximate surface area is 87.7 Å². The Hall–Kier alpha value is -1.05. The maximum absolute atomic E-state index is 8.69. The van der Waals surface area contributed by atoms with Crippen molar-refractivity contribution in [3.05, 3.63) is 23.9 Å². The Bertz CT molecular complexity index is 355. The third kappa shape index (κ3) is 2.25. The maximum Gasteiger partial charge on any atom is 0.112 e. The number of hydrogen-bond acceptors (Lipinski definition) is 4. The number of nitrogens with one attached hydrogen (secondary N) is 1. The molecule has 14 heavy (non-hydrogen) atoms. The van der Waals surface area contributed by atoms with Gasteiger partial charge >= 0.3 is 0 Å². The van der Waals surface area contributed by atoms with Gasteiger partial charge in [-0.1, -0.05) is 6.42 Å². The van der Waals surface area contributed by atoms with Crippen LogP contribution in [0.2, 0.25) is 0 Å². The van der Waals surface area contributed by atoms with Crippen LogP contribution in [0.1, 0.15) is 24.8 Å². The second-order valence-corrected chi connectivity index (χ2v) is 4.20. The first-order valence-corrected chi connectivity index (χ1v) is 5.48. The van der Waals surface area contributed by atoms with Crippen LogP contribution in [-0.4, -0.2) is 11.0 Å². The van der Waals surface area contributed by atoms with Crippen molar-refractivity contribution in [1.29, 1.82) is 5.26 Å². The fraction of sp³-hybridized carbons (Fsp3) is 0.400. The van der Waals surface area contributed by atoms with Crippen LogP contribution in [0, 0.1) is 11.3 Å². The molecule has 0 unspecified atom stereocenters. The van der Waals surface area contributed by atoms with Crippen molar-refractivity contribution in [2.75, 3.05) is 0 Å². The summed E-state index contributed by atoms with van der Waals surface area (Å²) < 4.78 is 3.33. The molecule has 0 spiro atoms. The average molecular weight is 205 g/mol. The van der Waals surface area contributed by atoms with Crippen LogP contribution in [0.5, 0.6) is 0 Å². The van der Waals surface area contributed by atoms with E-state index in [1.807, 2.05) is 0 Å². The van der Waals surface area contributed by atoms with E-state index in [-0.39, 0.29) is 0 Å². The van der Waals surface area contributed by atoms with Crippen molar-refractivity contribution in [3.63, 3.8) is 0 Å². The van der Waals surface area contributed by atoms with Gasteiger partial charge in [-0.15, -0.1) is 0 Å². The molecule has 1 saturated carbocycles. The van der Waals surface area contributed by atoms with Crippen LogP contribution in [-0.2, 0) is 0 Å².